The van der Waals surface area contributed by atoms with E-state index in [2.05, 4.69) is 17.6 Å². The van der Waals surface area contributed by atoms with Crippen molar-refractivity contribution in [1.29, 1.82) is 0 Å². The van der Waals surface area contributed by atoms with E-state index in [1.165, 1.54) is 0 Å². The van der Waals surface area contributed by atoms with Crippen molar-refractivity contribution in [3.63, 3.8) is 0 Å². The topological polar surface area (TPSA) is 87.7 Å². The smallest absolute Gasteiger partial charge is 0.408 e. The molecule has 38 heavy (non-hydrogen) atoms. The third-order valence-corrected chi connectivity index (χ3v) is 6.98. The van der Waals surface area contributed by atoms with Gasteiger partial charge in [0, 0.05) is 12.1 Å². The van der Waals surface area contributed by atoms with E-state index in [-0.39, 0.29) is 17.7 Å². The number of amides is 3. The molecule has 0 bridgehead atoms. The fourth-order valence-electron chi connectivity index (χ4n) is 4.41. The van der Waals surface area contributed by atoms with Crippen molar-refractivity contribution in [2.75, 3.05) is 6.54 Å². The number of benzene rings is 1. The van der Waals surface area contributed by atoms with Crippen LogP contribution in [0.4, 0.5) is 4.79 Å². The van der Waals surface area contributed by atoms with Crippen molar-refractivity contribution >= 4 is 17.9 Å². The monoisotopic (exact) mass is 531 g/mol. The van der Waals surface area contributed by atoms with Gasteiger partial charge in [-0.1, -0.05) is 58.7 Å². The van der Waals surface area contributed by atoms with Crippen molar-refractivity contribution in [2.45, 2.75) is 131 Å². The molecule has 0 aromatic heterocycles. The molecule has 1 rings (SSSR count). The second-order valence-corrected chi connectivity index (χ2v) is 12.4. The maximum Gasteiger partial charge on any atom is 0.408 e. The van der Waals surface area contributed by atoms with Crippen molar-refractivity contribution in [3.8, 4) is 0 Å². The average Bonchev–Trinajstić information content (AvgIpc) is 2.79. The summed E-state index contributed by atoms with van der Waals surface area (Å²) < 4.78 is 5.50. The van der Waals surface area contributed by atoms with Gasteiger partial charge in [0.15, 0.2) is 0 Å². The van der Waals surface area contributed by atoms with E-state index in [1.54, 1.807) is 25.7 Å². The lowest BCUT2D eigenvalue weighted by Crippen LogP contribution is -2.59. The van der Waals surface area contributed by atoms with Gasteiger partial charge < -0.3 is 20.3 Å². The first-order chi connectivity index (χ1) is 17.6. The van der Waals surface area contributed by atoms with Crippen LogP contribution in [0.5, 0.6) is 0 Å². The first-order valence-corrected chi connectivity index (χ1v) is 14.2. The Hall–Kier alpha value is -2.57. The Morgan fingerprint density at radius 3 is 2.16 bits per heavy atom. The van der Waals surface area contributed by atoms with Crippen molar-refractivity contribution in [3.05, 3.63) is 34.9 Å². The van der Waals surface area contributed by atoms with E-state index in [0.717, 1.165) is 36.0 Å². The minimum atomic E-state index is -0.839. The molecule has 0 heterocycles. The van der Waals surface area contributed by atoms with Crippen molar-refractivity contribution in [1.82, 2.24) is 15.5 Å². The highest BCUT2D eigenvalue weighted by Crippen LogP contribution is 2.35. The summed E-state index contributed by atoms with van der Waals surface area (Å²) in [5, 5.41) is 5.93. The van der Waals surface area contributed by atoms with Crippen molar-refractivity contribution < 1.29 is 19.1 Å². The number of carbonyl (C=O) groups is 3. The summed E-state index contributed by atoms with van der Waals surface area (Å²) in [6, 6.07) is 4.20. The van der Waals surface area contributed by atoms with Crippen LogP contribution in [0, 0.1) is 19.8 Å². The Labute approximate surface area is 231 Å². The van der Waals surface area contributed by atoms with E-state index in [0.29, 0.717) is 19.4 Å². The molecular formula is C31H53N3O4. The first-order valence-electron chi connectivity index (χ1n) is 14.2. The first kappa shape index (κ1) is 33.5. The summed E-state index contributed by atoms with van der Waals surface area (Å²) in [5.41, 5.74) is 1.47. The Balaban J connectivity index is 3.66. The molecule has 7 heteroatoms. The maximum absolute atomic E-state index is 14.5. The number of ether oxygens (including phenoxy) is 1. The fourth-order valence-corrected chi connectivity index (χ4v) is 4.41. The Morgan fingerprint density at radius 1 is 1.00 bits per heavy atom. The summed E-state index contributed by atoms with van der Waals surface area (Å²) >= 11 is 0. The van der Waals surface area contributed by atoms with Gasteiger partial charge in [-0.15, -0.1) is 0 Å². The van der Waals surface area contributed by atoms with E-state index in [4.69, 9.17) is 4.74 Å². The van der Waals surface area contributed by atoms with Crippen LogP contribution in [-0.2, 0) is 14.3 Å². The summed E-state index contributed by atoms with van der Waals surface area (Å²) in [5.74, 6) is -0.358. The molecule has 0 fully saturated rings. The molecule has 0 aliphatic carbocycles. The average molecular weight is 532 g/mol. The van der Waals surface area contributed by atoms with Gasteiger partial charge in [-0.25, -0.2) is 4.79 Å². The van der Waals surface area contributed by atoms with Gasteiger partial charge in [-0.3, -0.25) is 9.59 Å². The molecule has 0 aliphatic heterocycles. The standard InChI is InChI=1S/C31H53N3O4/c1-12-14-15-19-32-27(35)26(24-18-16-17-22(5)23(24)6)34(31(10,11)13-2)28(36)25(20-21(3)4)33-29(37)38-30(7,8)9/h16-18,21,25-26H,12-15,19-20H2,1-11H3,(H,32,35)(H,33,37). The third-order valence-electron chi connectivity index (χ3n) is 6.98. The number of carbonyl (C=O) groups excluding carboxylic acids is 3. The van der Waals surface area contributed by atoms with Crippen LogP contribution in [0.25, 0.3) is 0 Å². The van der Waals surface area contributed by atoms with Crippen LogP contribution in [0.2, 0.25) is 0 Å². The quantitative estimate of drug-likeness (QED) is 0.280. The van der Waals surface area contributed by atoms with Gasteiger partial charge in [0.1, 0.15) is 17.7 Å². The van der Waals surface area contributed by atoms with Crippen LogP contribution in [0.3, 0.4) is 0 Å². The number of hydrogen-bond donors (Lipinski definition) is 2. The molecule has 2 unspecified atom stereocenters. The molecule has 1 aromatic rings. The minimum Gasteiger partial charge on any atom is -0.444 e. The second kappa shape index (κ2) is 14.5. The van der Waals surface area contributed by atoms with E-state index >= 15 is 0 Å². The summed E-state index contributed by atoms with van der Waals surface area (Å²) in [4.78, 5) is 42.9. The van der Waals surface area contributed by atoms with Crippen LogP contribution >= 0.6 is 0 Å². The molecular weight excluding hydrogens is 478 g/mol. The Morgan fingerprint density at radius 2 is 1.63 bits per heavy atom. The number of alkyl carbamates (subject to hydrolysis) is 1. The SMILES string of the molecule is CCCCCNC(=O)C(c1cccc(C)c1C)N(C(=O)C(CC(C)C)NC(=O)OC(C)(C)C)C(C)(C)CC. The number of nitrogens with zero attached hydrogens (tertiary/aromatic N) is 1. The van der Waals surface area contributed by atoms with Crippen LogP contribution in [0.1, 0.15) is 117 Å². The van der Waals surface area contributed by atoms with E-state index in [1.807, 2.05) is 66.7 Å². The van der Waals surface area contributed by atoms with Crippen LogP contribution in [0.15, 0.2) is 18.2 Å². The maximum atomic E-state index is 14.5. The lowest BCUT2D eigenvalue weighted by molar-refractivity contribution is -0.149. The number of nitrogens with one attached hydrogen (secondary N) is 2. The third kappa shape index (κ3) is 9.95. The predicted molar refractivity (Wildman–Crippen MR) is 155 cm³/mol. The highest BCUT2D eigenvalue weighted by Gasteiger charge is 2.43. The lowest BCUT2D eigenvalue weighted by Gasteiger charge is -2.45. The molecule has 0 saturated heterocycles. The molecule has 2 N–H and O–H groups in total. The normalized spacial score (nSPS) is 13.6. The zero-order valence-electron chi connectivity index (χ0n) is 25.8. The molecule has 3 amide bonds. The molecule has 0 spiro atoms. The minimum absolute atomic E-state index is 0.132. The molecule has 0 aliphatic rings. The Bertz CT molecular complexity index is 934. The van der Waals surface area contributed by atoms with Gasteiger partial charge in [-0.2, -0.15) is 0 Å². The largest absolute Gasteiger partial charge is 0.444 e. The Kier molecular flexibility index (Phi) is 12.8. The molecule has 0 saturated carbocycles. The summed E-state index contributed by atoms with van der Waals surface area (Å²) in [7, 11) is 0. The summed E-state index contributed by atoms with van der Waals surface area (Å²) in [6.07, 6.45) is 3.36. The van der Waals surface area contributed by atoms with Gasteiger partial charge in [0.25, 0.3) is 0 Å². The number of hydrogen-bond acceptors (Lipinski definition) is 4. The fraction of sp³-hybridized carbons (Fsp3) is 0.710. The molecule has 1 aromatic carbocycles. The highest BCUT2D eigenvalue weighted by molar-refractivity contribution is 5.93. The van der Waals surface area contributed by atoms with Crippen molar-refractivity contribution in [2.24, 2.45) is 5.92 Å². The predicted octanol–water partition coefficient (Wildman–Crippen LogP) is 6.61. The lowest BCUT2D eigenvalue weighted by atomic mass is 9.88. The van der Waals surface area contributed by atoms with Gasteiger partial charge in [0.2, 0.25) is 11.8 Å². The number of aryl methyl sites for hydroxylation is 1. The number of rotatable bonds is 13. The zero-order chi connectivity index (χ0) is 29.3. The zero-order valence-corrected chi connectivity index (χ0v) is 25.8. The second-order valence-electron chi connectivity index (χ2n) is 12.4. The molecule has 0 radical (unpaired) electrons. The van der Waals surface area contributed by atoms with E-state index < -0.39 is 29.3 Å². The molecule has 2 atom stereocenters. The van der Waals surface area contributed by atoms with Crippen LogP contribution in [-0.4, -0.2) is 46.5 Å². The number of unbranched alkanes of at least 4 members (excludes halogenated alkanes) is 2. The van der Waals surface area contributed by atoms with Gasteiger partial charge >= 0.3 is 6.09 Å². The molecule has 216 valence electrons. The van der Waals surface area contributed by atoms with Gasteiger partial charge in [0.05, 0.1) is 0 Å². The highest BCUT2D eigenvalue weighted by atomic mass is 16.6. The summed E-state index contributed by atoms with van der Waals surface area (Å²) in [6.45, 7) is 22.0. The van der Waals surface area contributed by atoms with E-state index in [9.17, 15) is 14.4 Å². The van der Waals surface area contributed by atoms with Gasteiger partial charge in [-0.05, 0) is 90.3 Å². The molecule has 7 nitrogen and oxygen atoms in total. The van der Waals surface area contributed by atoms with Crippen LogP contribution < -0.4 is 10.6 Å².